The molecule has 0 aliphatic carbocycles. The lowest BCUT2D eigenvalue weighted by molar-refractivity contribution is -0.111. The summed E-state index contributed by atoms with van der Waals surface area (Å²) >= 11 is 5.91. The van der Waals surface area contributed by atoms with E-state index in [0.717, 1.165) is 0 Å². The number of anilines is 1. The lowest BCUT2D eigenvalue weighted by Crippen LogP contribution is -2.08. The predicted molar refractivity (Wildman–Crippen MR) is 95.3 cm³/mol. The Kier molecular flexibility index (Phi) is 6.80. The smallest absolute Gasteiger partial charge is 0.387 e. The number of hydrogen-bond donors (Lipinski definition) is 1. The SMILES string of the molecule is COc1ccc(Cl)cc1NC(=O)/C=C/c1ccc(OC(F)F)c(OC)c1. The van der Waals surface area contributed by atoms with Gasteiger partial charge in [-0.3, -0.25) is 4.79 Å². The van der Waals surface area contributed by atoms with Gasteiger partial charge in [0.15, 0.2) is 11.5 Å². The molecule has 0 aromatic heterocycles. The van der Waals surface area contributed by atoms with Crippen LogP contribution in [0.2, 0.25) is 5.02 Å². The molecule has 2 aromatic rings. The van der Waals surface area contributed by atoms with Crippen LogP contribution < -0.4 is 19.5 Å². The Bertz CT molecular complexity index is 812. The molecule has 5 nitrogen and oxygen atoms in total. The molecule has 0 saturated heterocycles. The monoisotopic (exact) mass is 383 g/mol. The highest BCUT2D eigenvalue weighted by atomic mass is 35.5. The van der Waals surface area contributed by atoms with E-state index < -0.39 is 12.5 Å². The van der Waals surface area contributed by atoms with E-state index in [4.69, 9.17) is 21.1 Å². The van der Waals surface area contributed by atoms with Gasteiger partial charge in [-0.15, -0.1) is 0 Å². The minimum Gasteiger partial charge on any atom is -0.495 e. The average Bonchev–Trinajstić information content (AvgIpc) is 2.60. The molecule has 26 heavy (non-hydrogen) atoms. The van der Waals surface area contributed by atoms with Gasteiger partial charge in [0.2, 0.25) is 5.91 Å². The van der Waals surface area contributed by atoms with Gasteiger partial charge in [-0.05, 0) is 42.0 Å². The van der Waals surface area contributed by atoms with Crippen LogP contribution in [0.25, 0.3) is 6.08 Å². The second-order valence-electron chi connectivity index (χ2n) is 4.96. The first-order valence-electron chi connectivity index (χ1n) is 7.38. The van der Waals surface area contributed by atoms with Crippen molar-refractivity contribution in [3.8, 4) is 17.2 Å². The Balaban J connectivity index is 2.12. The summed E-state index contributed by atoms with van der Waals surface area (Å²) in [5, 5.41) is 3.10. The molecule has 1 amide bonds. The average molecular weight is 384 g/mol. The number of carbonyl (C=O) groups excluding carboxylic acids is 1. The Morgan fingerprint density at radius 3 is 2.42 bits per heavy atom. The topological polar surface area (TPSA) is 56.8 Å². The first-order valence-corrected chi connectivity index (χ1v) is 7.76. The Morgan fingerprint density at radius 2 is 1.77 bits per heavy atom. The van der Waals surface area contributed by atoms with Crippen LogP contribution in [0.5, 0.6) is 17.2 Å². The summed E-state index contributed by atoms with van der Waals surface area (Å²) in [4.78, 5) is 12.1. The van der Waals surface area contributed by atoms with Crippen LogP contribution in [0.4, 0.5) is 14.5 Å². The van der Waals surface area contributed by atoms with Crippen molar-refractivity contribution in [2.75, 3.05) is 19.5 Å². The van der Waals surface area contributed by atoms with Gasteiger partial charge in [0.1, 0.15) is 5.75 Å². The van der Waals surface area contributed by atoms with Crippen molar-refractivity contribution in [2.24, 2.45) is 0 Å². The Morgan fingerprint density at radius 1 is 1.08 bits per heavy atom. The lowest BCUT2D eigenvalue weighted by atomic mass is 10.2. The van der Waals surface area contributed by atoms with Gasteiger partial charge in [0.05, 0.1) is 19.9 Å². The van der Waals surface area contributed by atoms with Crippen LogP contribution >= 0.6 is 11.6 Å². The Hall–Kier alpha value is -2.80. The summed E-state index contributed by atoms with van der Waals surface area (Å²) in [6.07, 6.45) is 2.78. The molecule has 0 spiro atoms. The molecule has 8 heteroatoms. The van der Waals surface area contributed by atoms with Crippen molar-refractivity contribution < 1.29 is 27.8 Å². The first-order chi connectivity index (χ1) is 12.4. The normalized spacial score (nSPS) is 10.8. The molecule has 2 aromatic carbocycles. The lowest BCUT2D eigenvalue weighted by Gasteiger charge is -2.10. The van der Waals surface area contributed by atoms with E-state index in [1.54, 1.807) is 18.2 Å². The van der Waals surface area contributed by atoms with Crippen LogP contribution in [0, 0.1) is 0 Å². The van der Waals surface area contributed by atoms with Crippen molar-refractivity contribution in [2.45, 2.75) is 6.61 Å². The third kappa shape index (κ3) is 5.35. The molecule has 0 atom stereocenters. The number of rotatable bonds is 7. The number of hydrogen-bond acceptors (Lipinski definition) is 4. The van der Waals surface area contributed by atoms with Gasteiger partial charge in [-0.2, -0.15) is 8.78 Å². The fourth-order valence-electron chi connectivity index (χ4n) is 2.11. The molecule has 0 bridgehead atoms. The van der Waals surface area contributed by atoms with Gasteiger partial charge in [-0.25, -0.2) is 0 Å². The summed E-state index contributed by atoms with van der Waals surface area (Å²) in [7, 11) is 2.81. The molecule has 2 rings (SSSR count). The summed E-state index contributed by atoms with van der Waals surface area (Å²) in [6, 6.07) is 9.16. The predicted octanol–water partition coefficient (Wildman–Crippen LogP) is 4.61. The Labute approximate surface area is 154 Å². The summed E-state index contributed by atoms with van der Waals surface area (Å²) < 4.78 is 39.2. The zero-order valence-electron chi connectivity index (χ0n) is 14.0. The number of ether oxygens (including phenoxy) is 3. The number of methoxy groups -OCH3 is 2. The van der Waals surface area contributed by atoms with Gasteiger partial charge in [-0.1, -0.05) is 17.7 Å². The zero-order chi connectivity index (χ0) is 19.1. The molecule has 138 valence electrons. The minimum atomic E-state index is -2.95. The van der Waals surface area contributed by atoms with Crippen LogP contribution in [0.3, 0.4) is 0 Å². The molecule has 1 N–H and O–H groups in total. The highest BCUT2D eigenvalue weighted by Crippen LogP contribution is 2.30. The van der Waals surface area contributed by atoms with E-state index in [1.165, 1.54) is 44.6 Å². The second-order valence-corrected chi connectivity index (χ2v) is 5.39. The van der Waals surface area contributed by atoms with Crippen molar-refractivity contribution in [1.82, 2.24) is 0 Å². The number of nitrogens with one attached hydrogen (secondary N) is 1. The highest BCUT2D eigenvalue weighted by molar-refractivity contribution is 6.31. The summed E-state index contributed by atoms with van der Waals surface area (Å²) in [5.41, 5.74) is 0.990. The largest absolute Gasteiger partial charge is 0.495 e. The molecule has 0 aliphatic heterocycles. The molecule has 0 radical (unpaired) electrons. The van der Waals surface area contributed by atoms with Gasteiger partial charge in [0, 0.05) is 11.1 Å². The van der Waals surface area contributed by atoms with Crippen molar-refractivity contribution >= 4 is 29.3 Å². The number of carbonyl (C=O) groups is 1. The maximum absolute atomic E-state index is 12.3. The van der Waals surface area contributed by atoms with Crippen molar-refractivity contribution in [1.29, 1.82) is 0 Å². The molecule has 0 saturated carbocycles. The van der Waals surface area contributed by atoms with Crippen molar-refractivity contribution in [3.63, 3.8) is 0 Å². The molecule has 0 unspecified atom stereocenters. The number of amides is 1. The third-order valence-electron chi connectivity index (χ3n) is 3.25. The van der Waals surface area contributed by atoms with Crippen molar-refractivity contribution in [3.05, 3.63) is 53.1 Å². The molecule has 0 fully saturated rings. The van der Waals surface area contributed by atoms with Crippen LogP contribution in [0.1, 0.15) is 5.56 Å². The van der Waals surface area contributed by atoms with E-state index in [0.29, 0.717) is 22.0 Å². The van der Waals surface area contributed by atoms with E-state index in [-0.39, 0.29) is 11.5 Å². The fourth-order valence-corrected chi connectivity index (χ4v) is 2.28. The van der Waals surface area contributed by atoms with Gasteiger partial charge in [0.25, 0.3) is 0 Å². The molecular formula is C18H16ClF2NO4. The van der Waals surface area contributed by atoms with Gasteiger partial charge < -0.3 is 19.5 Å². The fraction of sp³-hybridized carbons (Fsp3) is 0.167. The maximum atomic E-state index is 12.3. The molecular weight excluding hydrogens is 368 g/mol. The summed E-state index contributed by atoms with van der Waals surface area (Å²) in [6.45, 7) is -2.95. The first kappa shape index (κ1) is 19.5. The van der Waals surface area contributed by atoms with Crippen LogP contribution in [0.15, 0.2) is 42.5 Å². The highest BCUT2D eigenvalue weighted by Gasteiger charge is 2.11. The summed E-state index contributed by atoms with van der Waals surface area (Å²) in [5.74, 6) is 0.0842. The minimum absolute atomic E-state index is 0.0900. The van der Waals surface area contributed by atoms with Gasteiger partial charge >= 0.3 is 6.61 Å². The number of alkyl halides is 2. The van der Waals surface area contributed by atoms with E-state index in [1.807, 2.05) is 0 Å². The standard InChI is InChI=1S/C18H16ClF2NO4/c1-24-14-7-5-12(19)10-13(14)22-17(23)8-4-11-3-6-15(26-18(20)21)16(9-11)25-2/h3-10,18H,1-2H3,(H,22,23)/b8-4+. The third-order valence-corrected chi connectivity index (χ3v) is 3.49. The molecule has 0 aliphatic rings. The van der Waals surface area contributed by atoms with E-state index >= 15 is 0 Å². The quantitative estimate of drug-likeness (QED) is 0.709. The number of benzene rings is 2. The van der Waals surface area contributed by atoms with Crippen LogP contribution in [-0.2, 0) is 4.79 Å². The number of halogens is 3. The molecule has 0 heterocycles. The van der Waals surface area contributed by atoms with Crippen LogP contribution in [-0.4, -0.2) is 26.7 Å². The zero-order valence-corrected chi connectivity index (χ0v) is 14.7. The maximum Gasteiger partial charge on any atom is 0.387 e. The van der Waals surface area contributed by atoms with E-state index in [2.05, 4.69) is 10.1 Å². The second kappa shape index (κ2) is 9.05. The van der Waals surface area contributed by atoms with E-state index in [9.17, 15) is 13.6 Å².